The molecule has 0 aliphatic rings. The molecule has 0 aromatic heterocycles. The first-order chi connectivity index (χ1) is 5.82. The number of hydrogen-bond donors (Lipinski definition) is 1. The molecule has 0 bridgehead atoms. The van der Waals surface area contributed by atoms with Crippen LogP contribution in [0.25, 0.3) is 0 Å². The molecular formula is C9H11Cl3FN. The Balaban J connectivity index is 0.00000169. The van der Waals surface area contributed by atoms with Gasteiger partial charge in [0.1, 0.15) is 5.82 Å². The second kappa shape index (κ2) is 4.67. The quantitative estimate of drug-likeness (QED) is 0.763. The van der Waals surface area contributed by atoms with E-state index in [0.29, 0.717) is 10.6 Å². The third-order valence-corrected chi connectivity index (χ3v) is 2.43. The third kappa shape index (κ3) is 2.99. The average molecular weight is 259 g/mol. The van der Waals surface area contributed by atoms with E-state index in [2.05, 4.69) is 0 Å². The maximum absolute atomic E-state index is 13.3. The highest BCUT2D eigenvalue weighted by Crippen LogP contribution is 2.29. The van der Waals surface area contributed by atoms with Gasteiger partial charge in [-0.3, -0.25) is 0 Å². The van der Waals surface area contributed by atoms with Crippen LogP contribution in [0.15, 0.2) is 12.1 Å². The first-order valence-corrected chi connectivity index (χ1v) is 4.52. The molecule has 0 atom stereocenters. The number of rotatable bonds is 1. The van der Waals surface area contributed by atoms with Crippen LogP contribution in [-0.2, 0) is 5.54 Å². The maximum Gasteiger partial charge on any atom is 0.129 e. The predicted molar refractivity (Wildman–Crippen MR) is 60.9 cm³/mol. The molecule has 1 rings (SSSR count). The average Bonchev–Trinajstić information content (AvgIpc) is 1.94. The van der Waals surface area contributed by atoms with Crippen LogP contribution in [-0.4, -0.2) is 0 Å². The zero-order valence-corrected chi connectivity index (χ0v) is 10.1. The van der Waals surface area contributed by atoms with Crippen molar-refractivity contribution in [2.45, 2.75) is 19.4 Å². The topological polar surface area (TPSA) is 26.0 Å². The van der Waals surface area contributed by atoms with Gasteiger partial charge in [0.05, 0.1) is 10.0 Å². The summed E-state index contributed by atoms with van der Waals surface area (Å²) in [7, 11) is 0. The Bertz CT molecular complexity index is 334. The van der Waals surface area contributed by atoms with Crippen molar-refractivity contribution in [2.75, 3.05) is 0 Å². The van der Waals surface area contributed by atoms with E-state index in [9.17, 15) is 4.39 Å². The van der Waals surface area contributed by atoms with Gasteiger partial charge in [-0.25, -0.2) is 4.39 Å². The highest BCUT2D eigenvalue weighted by molar-refractivity contribution is 6.42. The van der Waals surface area contributed by atoms with Gasteiger partial charge in [0, 0.05) is 11.1 Å². The largest absolute Gasteiger partial charge is 0.322 e. The SMILES string of the molecule is CC(C)(N)c1cc(Cl)c(Cl)cc1F.Cl. The summed E-state index contributed by atoms with van der Waals surface area (Å²) in [5, 5.41) is 0.517. The van der Waals surface area contributed by atoms with Gasteiger partial charge in [-0.2, -0.15) is 0 Å². The minimum atomic E-state index is -0.752. The first-order valence-electron chi connectivity index (χ1n) is 3.76. The smallest absolute Gasteiger partial charge is 0.129 e. The van der Waals surface area contributed by atoms with Crippen molar-refractivity contribution in [2.24, 2.45) is 5.73 Å². The Morgan fingerprint density at radius 2 is 1.64 bits per heavy atom. The van der Waals surface area contributed by atoms with E-state index in [0.717, 1.165) is 0 Å². The fourth-order valence-corrected chi connectivity index (χ4v) is 1.33. The molecule has 0 aliphatic carbocycles. The Morgan fingerprint density at radius 1 is 1.21 bits per heavy atom. The van der Waals surface area contributed by atoms with Crippen molar-refractivity contribution in [3.8, 4) is 0 Å². The number of nitrogens with two attached hydrogens (primary N) is 1. The molecule has 0 saturated heterocycles. The van der Waals surface area contributed by atoms with Gasteiger partial charge in [0.2, 0.25) is 0 Å². The highest BCUT2D eigenvalue weighted by Gasteiger charge is 2.20. The van der Waals surface area contributed by atoms with Crippen LogP contribution >= 0.6 is 35.6 Å². The summed E-state index contributed by atoms with van der Waals surface area (Å²) >= 11 is 11.4. The molecule has 80 valence electrons. The molecule has 0 amide bonds. The summed E-state index contributed by atoms with van der Waals surface area (Å²) in [6.07, 6.45) is 0. The first kappa shape index (κ1) is 14.0. The molecule has 0 aliphatic heterocycles. The van der Waals surface area contributed by atoms with Crippen LogP contribution in [0, 0.1) is 5.82 Å². The monoisotopic (exact) mass is 257 g/mol. The number of benzene rings is 1. The van der Waals surface area contributed by atoms with Crippen LogP contribution in [0.1, 0.15) is 19.4 Å². The Morgan fingerprint density at radius 3 is 2.07 bits per heavy atom. The van der Waals surface area contributed by atoms with Gasteiger partial charge < -0.3 is 5.73 Å². The molecule has 1 aromatic carbocycles. The maximum atomic E-state index is 13.3. The van der Waals surface area contributed by atoms with E-state index >= 15 is 0 Å². The van der Waals surface area contributed by atoms with E-state index in [-0.39, 0.29) is 17.4 Å². The molecule has 0 unspecified atom stereocenters. The number of halogens is 4. The van der Waals surface area contributed by atoms with E-state index in [1.165, 1.54) is 12.1 Å². The summed E-state index contributed by atoms with van der Waals surface area (Å²) in [6.45, 7) is 3.41. The molecule has 1 nitrogen and oxygen atoms in total. The van der Waals surface area contributed by atoms with Gasteiger partial charge in [0.25, 0.3) is 0 Å². The highest BCUT2D eigenvalue weighted by atomic mass is 35.5. The minimum Gasteiger partial charge on any atom is -0.322 e. The van der Waals surface area contributed by atoms with Crippen LogP contribution in [0.4, 0.5) is 4.39 Å². The normalized spacial score (nSPS) is 11.0. The molecule has 0 radical (unpaired) electrons. The molecular weight excluding hydrogens is 247 g/mol. The molecule has 0 spiro atoms. The van der Waals surface area contributed by atoms with Crippen molar-refractivity contribution >= 4 is 35.6 Å². The van der Waals surface area contributed by atoms with Gasteiger partial charge in [-0.1, -0.05) is 23.2 Å². The van der Waals surface area contributed by atoms with Crippen LogP contribution < -0.4 is 5.73 Å². The number of hydrogen-bond acceptors (Lipinski definition) is 1. The van der Waals surface area contributed by atoms with Gasteiger partial charge >= 0.3 is 0 Å². The van der Waals surface area contributed by atoms with Crippen molar-refractivity contribution in [3.63, 3.8) is 0 Å². The molecule has 5 heteroatoms. The molecule has 14 heavy (non-hydrogen) atoms. The lowest BCUT2D eigenvalue weighted by Crippen LogP contribution is -2.29. The Labute approximate surface area is 98.8 Å². The van der Waals surface area contributed by atoms with Crippen molar-refractivity contribution < 1.29 is 4.39 Å². The van der Waals surface area contributed by atoms with E-state index in [4.69, 9.17) is 28.9 Å². The van der Waals surface area contributed by atoms with Gasteiger partial charge in [-0.05, 0) is 26.0 Å². The Kier molecular flexibility index (Phi) is 4.66. The van der Waals surface area contributed by atoms with Gasteiger partial charge in [-0.15, -0.1) is 12.4 Å². The van der Waals surface area contributed by atoms with Gasteiger partial charge in [0.15, 0.2) is 0 Å². The lowest BCUT2D eigenvalue weighted by atomic mass is 9.95. The molecule has 1 aromatic rings. The lowest BCUT2D eigenvalue weighted by Gasteiger charge is -2.20. The molecule has 2 N–H and O–H groups in total. The zero-order chi connectivity index (χ0) is 10.2. The fourth-order valence-electron chi connectivity index (χ4n) is 1.02. The minimum absolute atomic E-state index is 0. The summed E-state index contributed by atoms with van der Waals surface area (Å²) in [5.74, 6) is -0.429. The predicted octanol–water partition coefficient (Wildman–Crippen LogP) is 3.75. The van der Waals surface area contributed by atoms with E-state index < -0.39 is 11.4 Å². The molecule has 0 fully saturated rings. The van der Waals surface area contributed by atoms with E-state index in [1.54, 1.807) is 13.8 Å². The summed E-state index contributed by atoms with van der Waals surface area (Å²) < 4.78 is 13.3. The Hall–Kier alpha value is -0.0200. The van der Waals surface area contributed by atoms with Crippen molar-refractivity contribution in [3.05, 3.63) is 33.6 Å². The summed E-state index contributed by atoms with van der Waals surface area (Å²) in [6, 6.07) is 2.63. The second-order valence-corrected chi connectivity index (χ2v) is 4.28. The second-order valence-electron chi connectivity index (χ2n) is 3.47. The standard InChI is InChI=1S/C9H10Cl2FN.ClH/c1-9(2,13)5-3-6(10)7(11)4-8(5)12;/h3-4H,13H2,1-2H3;1H. The van der Waals surface area contributed by atoms with E-state index in [1.807, 2.05) is 0 Å². The fraction of sp³-hybridized carbons (Fsp3) is 0.333. The van der Waals surface area contributed by atoms with Crippen molar-refractivity contribution in [1.29, 1.82) is 0 Å². The third-order valence-electron chi connectivity index (χ3n) is 1.70. The van der Waals surface area contributed by atoms with Crippen molar-refractivity contribution in [1.82, 2.24) is 0 Å². The molecule has 0 saturated carbocycles. The zero-order valence-electron chi connectivity index (χ0n) is 7.77. The van der Waals surface area contributed by atoms with Crippen LogP contribution in [0.5, 0.6) is 0 Å². The van der Waals surface area contributed by atoms with Crippen LogP contribution in [0.3, 0.4) is 0 Å². The lowest BCUT2D eigenvalue weighted by molar-refractivity contribution is 0.501. The summed E-state index contributed by atoms with van der Waals surface area (Å²) in [4.78, 5) is 0. The van der Waals surface area contributed by atoms with Crippen LogP contribution in [0.2, 0.25) is 10.0 Å². The molecule has 0 heterocycles. The summed E-state index contributed by atoms with van der Waals surface area (Å²) in [5.41, 5.74) is 5.35.